The van der Waals surface area contributed by atoms with Gasteiger partial charge < -0.3 is 10.5 Å². The fraction of sp³-hybridized carbons (Fsp3) is 0.429. The van der Waals surface area contributed by atoms with Gasteiger partial charge in [-0.15, -0.1) is 5.10 Å². The summed E-state index contributed by atoms with van der Waals surface area (Å²) in [5, 5.41) is 4.11. The maximum Gasteiger partial charge on any atom is 0.122 e. The summed E-state index contributed by atoms with van der Waals surface area (Å²) in [4.78, 5) is 1.08. The van der Waals surface area contributed by atoms with Crippen LogP contribution in [0, 0.1) is 6.92 Å². The molecule has 0 aliphatic carbocycles. The molecular weight excluding hydrogens is 258 g/mol. The largest absolute Gasteiger partial charge is 0.496 e. The maximum atomic E-state index is 6.30. The van der Waals surface area contributed by atoms with Crippen LogP contribution in [0.1, 0.15) is 34.7 Å². The molecule has 0 amide bonds. The smallest absolute Gasteiger partial charge is 0.122 e. The van der Waals surface area contributed by atoms with E-state index in [2.05, 4.69) is 29.5 Å². The van der Waals surface area contributed by atoms with Gasteiger partial charge in [-0.25, -0.2) is 0 Å². The SMILES string of the molecule is CCc1nnsc1C(N)Cc1cc(C)ccc1OC. The van der Waals surface area contributed by atoms with Crippen LogP contribution in [0.5, 0.6) is 5.75 Å². The average molecular weight is 277 g/mol. The minimum Gasteiger partial charge on any atom is -0.496 e. The third kappa shape index (κ3) is 3.11. The van der Waals surface area contributed by atoms with Gasteiger partial charge in [0.2, 0.25) is 0 Å². The van der Waals surface area contributed by atoms with Crippen LogP contribution in [0.2, 0.25) is 0 Å². The Morgan fingerprint density at radius 3 is 2.89 bits per heavy atom. The highest BCUT2D eigenvalue weighted by Crippen LogP contribution is 2.27. The average Bonchev–Trinajstić information content (AvgIpc) is 2.87. The van der Waals surface area contributed by atoms with Gasteiger partial charge in [0.1, 0.15) is 5.75 Å². The molecule has 1 atom stereocenters. The molecule has 1 unspecified atom stereocenters. The molecule has 1 aromatic heterocycles. The van der Waals surface area contributed by atoms with Crippen LogP contribution in [0.25, 0.3) is 0 Å². The van der Waals surface area contributed by atoms with E-state index in [0.29, 0.717) is 0 Å². The second-order valence-corrected chi connectivity index (χ2v) is 5.35. The van der Waals surface area contributed by atoms with Crippen molar-refractivity contribution >= 4 is 11.5 Å². The van der Waals surface area contributed by atoms with E-state index in [4.69, 9.17) is 10.5 Å². The first-order valence-corrected chi connectivity index (χ1v) is 7.13. The Morgan fingerprint density at radius 2 is 2.21 bits per heavy atom. The third-order valence-electron chi connectivity index (χ3n) is 3.13. The van der Waals surface area contributed by atoms with Gasteiger partial charge in [-0.1, -0.05) is 29.1 Å². The third-order valence-corrected chi connectivity index (χ3v) is 4.03. The zero-order chi connectivity index (χ0) is 13.8. The number of rotatable bonds is 5. The number of aryl methyl sites for hydroxylation is 2. The van der Waals surface area contributed by atoms with Crippen molar-refractivity contribution in [3.05, 3.63) is 39.9 Å². The number of aromatic nitrogens is 2. The van der Waals surface area contributed by atoms with Gasteiger partial charge in [0.25, 0.3) is 0 Å². The summed E-state index contributed by atoms with van der Waals surface area (Å²) in [6, 6.07) is 6.08. The molecule has 0 aliphatic rings. The van der Waals surface area contributed by atoms with Crippen LogP contribution in [-0.4, -0.2) is 16.7 Å². The van der Waals surface area contributed by atoms with Gasteiger partial charge in [0.15, 0.2) is 0 Å². The molecule has 2 aromatic rings. The van der Waals surface area contributed by atoms with E-state index in [-0.39, 0.29) is 6.04 Å². The topological polar surface area (TPSA) is 61.0 Å². The normalized spacial score (nSPS) is 12.4. The molecule has 19 heavy (non-hydrogen) atoms. The standard InChI is InChI=1S/C14H19N3OS/c1-4-12-14(19-17-16-12)11(15)8-10-7-9(2)5-6-13(10)18-3/h5-7,11H,4,8,15H2,1-3H3. The molecule has 2 rings (SSSR count). The van der Waals surface area contributed by atoms with Crippen molar-refractivity contribution in [3.8, 4) is 5.75 Å². The van der Waals surface area contributed by atoms with E-state index >= 15 is 0 Å². The van der Waals surface area contributed by atoms with Crippen molar-refractivity contribution < 1.29 is 4.74 Å². The first kappa shape index (κ1) is 14.0. The summed E-state index contributed by atoms with van der Waals surface area (Å²) in [6.45, 7) is 4.14. The predicted octanol–water partition coefficient (Wildman–Crippen LogP) is 2.66. The van der Waals surface area contributed by atoms with Gasteiger partial charge in [0.05, 0.1) is 17.7 Å². The highest BCUT2D eigenvalue weighted by Gasteiger charge is 2.17. The number of nitrogens with two attached hydrogens (primary N) is 1. The number of hydrogen-bond acceptors (Lipinski definition) is 5. The molecular formula is C14H19N3OS. The highest BCUT2D eigenvalue weighted by atomic mass is 32.1. The van der Waals surface area contributed by atoms with Crippen LogP contribution in [0.4, 0.5) is 0 Å². The van der Waals surface area contributed by atoms with Crippen molar-refractivity contribution in [1.82, 2.24) is 9.59 Å². The lowest BCUT2D eigenvalue weighted by Gasteiger charge is -2.14. The summed E-state index contributed by atoms with van der Waals surface area (Å²) < 4.78 is 9.39. The highest BCUT2D eigenvalue weighted by molar-refractivity contribution is 7.05. The van der Waals surface area contributed by atoms with Crippen molar-refractivity contribution in [2.75, 3.05) is 7.11 Å². The summed E-state index contributed by atoms with van der Waals surface area (Å²) in [6.07, 6.45) is 1.60. The number of benzene rings is 1. The molecule has 0 saturated carbocycles. The Kier molecular flexibility index (Phi) is 4.50. The van der Waals surface area contributed by atoms with E-state index in [1.165, 1.54) is 17.1 Å². The summed E-state index contributed by atoms with van der Waals surface area (Å²) in [5.74, 6) is 0.886. The Balaban J connectivity index is 2.23. The van der Waals surface area contributed by atoms with Crippen LogP contribution < -0.4 is 10.5 Å². The Morgan fingerprint density at radius 1 is 1.42 bits per heavy atom. The number of ether oxygens (including phenoxy) is 1. The van der Waals surface area contributed by atoms with Crippen molar-refractivity contribution in [1.29, 1.82) is 0 Å². The second kappa shape index (κ2) is 6.12. The molecule has 1 heterocycles. The van der Waals surface area contributed by atoms with E-state index in [1.54, 1.807) is 7.11 Å². The molecule has 1 aromatic carbocycles. The lowest BCUT2D eigenvalue weighted by Crippen LogP contribution is -2.14. The lowest BCUT2D eigenvalue weighted by molar-refractivity contribution is 0.408. The minimum absolute atomic E-state index is 0.0781. The molecule has 4 nitrogen and oxygen atoms in total. The quantitative estimate of drug-likeness (QED) is 0.912. The zero-order valence-corrected chi connectivity index (χ0v) is 12.3. The predicted molar refractivity (Wildman–Crippen MR) is 77.7 cm³/mol. The molecule has 2 N–H and O–H groups in total. The Labute approximate surface area is 117 Å². The van der Waals surface area contributed by atoms with E-state index in [1.807, 2.05) is 12.1 Å². The van der Waals surface area contributed by atoms with Crippen molar-refractivity contribution in [3.63, 3.8) is 0 Å². The molecule has 0 bridgehead atoms. The van der Waals surface area contributed by atoms with Crippen LogP contribution >= 0.6 is 11.5 Å². The molecule has 102 valence electrons. The lowest BCUT2D eigenvalue weighted by atomic mass is 10.0. The molecule has 0 radical (unpaired) electrons. The molecule has 0 saturated heterocycles. The Hall–Kier alpha value is -1.46. The van der Waals surface area contributed by atoms with Gasteiger partial charge in [-0.2, -0.15) is 0 Å². The number of nitrogens with zero attached hydrogens (tertiary/aromatic N) is 2. The van der Waals surface area contributed by atoms with Gasteiger partial charge in [-0.3, -0.25) is 0 Å². The summed E-state index contributed by atoms with van der Waals surface area (Å²) >= 11 is 1.39. The zero-order valence-electron chi connectivity index (χ0n) is 11.5. The van der Waals surface area contributed by atoms with E-state index in [0.717, 1.165) is 34.7 Å². The first-order chi connectivity index (χ1) is 9.15. The summed E-state index contributed by atoms with van der Waals surface area (Å²) in [5.41, 5.74) is 9.64. The van der Waals surface area contributed by atoms with Gasteiger partial charge >= 0.3 is 0 Å². The fourth-order valence-corrected chi connectivity index (χ4v) is 2.88. The van der Waals surface area contributed by atoms with Crippen LogP contribution in [0.3, 0.4) is 0 Å². The van der Waals surface area contributed by atoms with Crippen LogP contribution in [-0.2, 0) is 12.8 Å². The molecule has 5 heteroatoms. The van der Waals surface area contributed by atoms with Gasteiger partial charge in [-0.05, 0) is 42.9 Å². The van der Waals surface area contributed by atoms with Crippen LogP contribution in [0.15, 0.2) is 18.2 Å². The van der Waals surface area contributed by atoms with Crippen molar-refractivity contribution in [2.45, 2.75) is 32.7 Å². The molecule has 0 fully saturated rings. The first-order valence-electron chi connectivity index (χ1n) is 6.36. The summed E-state index contributed by atoms with van der Waals surface area (Å²) in [7, 11) is 1.69. The fourth-order valence-electron chi connectivity index (χ4n) is 2.14. The van der Waals surface area contributed by atoms with E-state index in [9.17, 15) is 0 Å². The molecule has 0 aliphatic heterocycles. The monoisotopic (exact) mass is 277 g/mol. The Bertz CT molecular complexity index is 553. The minimum atomic E-state index is -0.0781. The number of hydrogen-bond donors (Lipinski definition) is 1. The van der Waals surface area contributed by atoms with E-state index < -0.39 is 0 Å². The van der Waals surface area contributed by atoms with Crippen molar-refractivity contribution in [2.24, 2.45) is 5.73 Å². The maximum absolute atomic E-state index is 6.30. The second-order valence-electron chi connectivity index (χ2n) is 4.56. The molecule has 0 spiro atoms. The number of methoxy groups -OCH3 is 1. The van der Waals surface area contributed by atoms with Gasteiger partial charge in [0, 0.05) is 6.04 Å².